The lowest BCUT2D eigenvalue weighted by molar-refractivity contribution is -0.130. The van der Waals surface area contributed by atoms with Gasteiger partial charge in [-0.2, -0.15) is 0 Å². The lowest BCUT2D eigenvalue weighted by Crippen LogP contribution is -2.50. The monoisotopic (exact) mass is 399 g/mol. The minimum Gasteiger partial charge on any atom is -0.495 e. The number of halogens is 1. The van der Waals surface area contributed by atoms with Gasteiger partial charge in [-0.1, -0.05) is 54.1 Å². The number of hydrogen-bond acceptors (Lipinski definition) is 4. The first-order chi connectivity index (χ1) is 13.7. The van der Waals surface area contributed by atoms with Crippen LogP contribution in [0.5, 0.6) is 5.75 Å². The molecule has 0 spiro atoms. The number of piperazine rings is 1. The molecule has 0 aliphatic carbocycles. The van der Waals surface area contributed by atoms with E-state index < -0.39 is 0 Å². The molecule has 0 saturated carbocycles. The van der Waals surface area contributed by atoms with Crippen molar-refractivity contribution < 1.29 is 9.53 Å². The molecular weight excluding hydrogens is 374 g/mol. The van der Waals surface area contributed by atoms with Gasteiger partial charge in [-0.25, -0.2) is 0 Å². The van der Waals surface area contributed by atoms with Crippen LogP contribution in [0.4, 0.5) is 5.69 Å². The summed E-state index contributed by atoms with van der Waals surface area (Å²) in [5, 5.41) is 3.67. The Morgan fingerprint density at radius 3 is 2.57 bits per heavy atom. The molecule has 28 heavy (non-hydrogen) atoms. The van der Waals surface area contributed by atoms with E-state index in [0.717, 1.165) is 38.4 Å². The molecule has 1 aliphatic heterocycles. The third-order valence-corrected chi connectivity index (χ3v) is 5.09. The predicted octanol–water partition coefficient (Wildman–Crippen LogP) is 3.62. The van der Waals surface area contributed by atoms with Crippen LogP contribution >= 0.6 is 11.6 Å². The fraction of sp³-hybridized carbons (Fsp3) is 0.318. The van der Waals surface area contributed by atoms with Crippen LogP contribution in [0.2, 0.25) is 5.02 Å². The number of nitrogens with one attached hydrogen (secondary N) is 1. The Hall–Kier alpha value is -2.50. The number of rotatable bonds is 7. The van der Waals surface area contributed by atoms with E-state index in [9.17, 15) is 4.79 Å². The Morgan fingerprint density at radius 1 is 1.14 bits per heavy atom. The van der Waals surface area contributed by atoms with Crippen LogP contribution in [-0.4, -0.2) is 62.1 Å². The van der Waals surface area contributed by atoms with Crippen LogP contribution in [0.1, 0.15) is 5.56 Å². The van der Waals surface area contributed by atoms with Gasteiger partial charge < -0.3 is 15.0 Å². The Bertz CT molecular complexity index is 803. The van der Waals surface area contributed by atoms with Gasteiger partial charge in [0.1, 0.15) is 5.75 Å². The quantitative estimate of drug-likeness (QED) is 0.772. The van der Waals surface area contributed by atoms with E-state index >= 15 is 0 Å². The van der Waals surface area contributed by atoms with Crippen molar-refractivity contribution in [3.05, 3.63) is 65.2 Å². The second kappa shape index (κ2) is 10.2. The lowest BCUT2D eigenvalue weighted by Gasteiger charge is -2.34. The van der Waals surface area contributed by atoms with Crippen LogP contribution in [0.25, 0.3) is 6.08 Å². The first-order valence-corrected chi connectivity index (χ1v) is 9.82. The van der Waals surface area contributed by atoms with E-state index in [-0.39, 0.29) is 12.5 Å². The standard InChI is InChI=1S/C22H26ClN3O2/c1-28-21-10-9-19(16-20(21)23)24-17-22(27)26-14-12-25(13-15-26)11-5-8-18-6-3-2-4-7-18/h2-10,16,24H,11-15,17H2,1H3/b8-5+. The van der Waals surface area contributed by atoms with Crippen molar-refractivity contribution in [3.8, 4) is 5.75 Å². The molecule has 1 heterocycles. The molecule has 0 radical (unpaired) electrons. The molecule has 0 bridgehead atoms. The number of methoxy groups -OCH3 is 1. The number of nitrogens with zero attached hydrogens (tertiary/aromatic N) is 2. The van der Waals surface area contributed by atoms with Crippen molar-refractivity contribution in [2.75, 3.05) is 51.7 Å². The summed E-state index contributed by atoms with van der Waals surface area (Å²) in [5.41, 5.74) is 2.02. The number of amides is 1. The number of carbonyl (C=O) groups excluding carboxylic acids is 1. The van der Waals surface area contributed by atoms with E-state index in [1.807, 2.05) is 29.2 Å². The molecule has 148 valence electrons. The van der Waals surface area contributed by atoms with Gasteiger partial charge in [-0.15, -0.1) is 0 Å². The summed E-state index contributed by atoms with van der Waals surface area (Å²) < 4.78 is 5.14. The highest BCUT2D eigenvalue weighted by Gasteiger charge is 2.20. The molecule has 2 aromatic carbocycles. The maximum atomic E-state index is 12.5. The predicted molar refractivity (Wildman–Crippen MR) is 115 cm³/mol. The maximum absolute atomic E-state index is 12.5. The van der Waals surface area contributed by atoms with Gasteiger partial charge in [0.05, 0.1) is 18.7 Å². The first-order valence-electron chi connectivity index (χ1n) is 9.45. The molecule has 0 aromatic heterocycles. The van der Waals surface area contributed by atoms with Gasteiger partial charge in [0.2, 0.25) is 5.91 Å². The zero-order chi connectivity index (χ0) is 19.8. The Kier molecular flexibility index (Phi) is 7.34. The van der Waals surface area contributed by atoms with Crippen molar-refractivity contribution in [1.82, 2.24) is 9.80 Å². The highest BCUT2D eigenvalue weighted by atomic mass is 35.5. The molecule has 1 aliphatic rings. The highest BCUT2D eigenvalue weighted by Crippen LogP contribution is 2.27. The average molecular weight is 400 g/mol. The van der Waals surface area contributed by atoms with E-state index in [2.05, 4.69) is 34.5 Å². The van der Waals surface area contributed by atoms with Crippen LogP contribution in [0.3, 0.4) is 0 Å². The smallest absolute Gasteiger partial charge is 0.241 e. The van der Waals surface area contributed by atoms with Crippen LogP contribution in [0, 0.1) is 0 Å². The third-order valence-electron chi connectivity index (χ3n) is 4.79. The molecular formula is C22H26ClN3O2. The summed E-state index contributed by atoms with van der Waals surface area (Å²) in [7, 11) is 1.58. The minimum absolute atomic E-state index is 0.103. The van der Waals surface area contributed by atoms with E-state index in [1.54, 1.807) is 19.2 Å². The third kappa shape index (κ3) is 5.75. The summed E-state index contributed by atoms with van der Waals surface area (Å²) in [5.74, 6) is 0.724. The summed E-state index contributed by atoms with van der Waals surface area (Å²) in [6, 6.07) is 15.7. The number of anilines is 1. The molecule has 2 aromatic rings. The number of carbonyl (C=O) groups is 1. The molecule has 0 unspecified atom stereocenters. The number of benzene rings is 2. The second-order valence-corrected chi connectivity index (χ2v) is 7.10. The largest absolute Gasteiger partial charge is 0.495 e. The van der Waals surface area contributed by atoms with Gasteiger partial charge in [0.25, 0.3) is 0 Å². The second-order valence-electron chi connectivity index (χ2n) is 6.70. The zero-order valence-electron chi connectivity index (χ0n) is 16.1. The summed E-state index contributed by atoms with van der Waals surface area (Å²) in [4.78, 5) is 16.7. The lowest BCUT2D eigenvalue weighted by atomic mass is 10.2. The normalized spacial score (nSPS) is 15.0. The molecule has 5 nitrogen and oxygen atoms in total. The Balaban J connectivity index is 1.40. The van der Waals surface area contributed by atoms with Gasteiger partial charge in [-0.05, 0) is 23.8 Å². The minimum atomic E-state index is 0.103. The Morgan fingerprint density at radius 2 is 1.89 bits per heavy atom. The summed E-state index contributed by atoms with van der Waals surface area (Å²) >= 11 is 6.12. The van der Waals surface area contributed by atoms with Crippen molar-refractivity contribution in [2.24, 2.45) is 0 Å². The van der Waals surface area contributed by atoms with Gasteiger partial charge >= 0.3 is 0 Å². The maximum Gasteiger partial charge on any atom is 0.241 e. The molecule has 1 saturated heterocycles. The summed E-state index contributed by atoms with van der Waals surface area (Å²) in [6.45, 7) is 4.45. The Labute approximate surface area is 171 Å². The SMILES string of the molecule is COc1ccc(NCC(=O)N2CCN(C/C=C/c3ccccc3)CC2)cc1Cl. The molecule has 1 N–H and O–H groups in total. The molecule has 0 atom stereocenters. The van der Waals surface area contributed by atoms with Crippen LogP contribution < -0.4 is 10.1 Å². The molecule has 6 heteroatoms. The molecule has 3 rings (SSSR count). The van der Waals surface area contributed by atoms with Crippen molar-refractivity contribution in [2.45, 2.75) is 0 Å². The van der Waals surface area contributed by atoms with Crippen LogP contribution in [-0.2, 0) is 4.79 Å². The van der Waals surface area contributed by atoms with E-state index in [0.29, 0.717) is 10.8 Å². The van der Waals surface area contributed by atoms with Gasteiger partial charge in [-0.3, -0.25) is 9.69 Å². The molecule has 1 fully saturated rings. The number of ether oxygens (including phenoxy) is 1. The average Bonchev–Trinajstić information content (AvgIpc) is 2.73. The van der Waals surface area contributed by atoms with Gasteiger partial charge in [0, 0.05) is 38.4 Å². The van der Waals surface area contributed by atoms with Crippen molar-refractivity contribution in [1.29, 1.82) is 0 Å². The zero-order valence-corrected chi connectivity index (χ0v) is 16.9. The summed E-state index contributed by atoms with van der Waals surface area (Å²) in [6.07, 6.45) is 4.32. The van der Waals surface area contributed by atoms with Gasteiger partial charge in [0.15, 0.2) is 0 Å². The fourth-order valence-corrected chi connectivity index (χ4v) is 3.41. The van der Waals surface area contributed by atoms with E-state index in [1.165, 1.54) is 5.56 Å². The number of hydrogen-bond donors (Lipinski definition) is 1. The molecule has 1 amide bonds. The highest BCUT2D eigenvalue weighted by molar-refractivity contribution is 6.32. The van der Waals surface area contributed by atoms with Crippen molar-refractivity contribution >= 4 is 29.3 Å². The first kappa shape index (κ1) is 20.2. The van der Waals surface area contributed by atoms with Crippen molar-refractivity contribution in [3.63, 3.8) is 0 Å². The topological polar surface area (TPSA) is 44.8 Å². The van der Waals surface area contributed by atoms with Crippen LogP contribution in [0.15, 0.2) is 54.6 Å². The fourth-order valence-electron chi connectivity index (χ4n) is 3.15. The van der Waals surface area contributed by atoms with E-state index in [4.69, 9.17) is 16.3 Å².